The number of hydrogen-bond acceptors (Lipinski definition) is 3. The molecule has 1 fully saturated rings. The Balaban J connectivity index is 2.06. The predicted molar refractivity (Wildman–Crippen MR) is 41.3 cm³/mol. The van der Waals surface area contributed by atoms with Gasteiger partial charge in [0.05, 0.1) is 6.10 Å². The minimum absolute atomic E-state index is 0.0249. The van der Waals surface area contributed by atoms with E-state index in [4.69, 9.17) is 4.74 Å². The van der Waals surface area contributed by atoms with Gasteiger partial charge in [-0.3, -0.25) is 4.79 Å². The molecule has 1 N–H and O–H groups in total. The molecule has 1 saturated heterocycles. The van der Waals surface area contributed by atoms with Crippen LogP contribution in [0.3, 0.4) is 0 Å². The Morgan fingerprint density at radius 2 is 2.27 bits per heavy atom. The van der Waals surface area contributed by atoms with Gasteiger partial charge in [0.2, 0.25) is 5.91 Å². The zero-order valence-corrected chi connectivity index (χ0v) is 6.96. The first-order valence-corrected chi connectivity index (χ1v) is 3.72. The smallest absolute Gasteiger partial charge is 0.248 e. The zero-order chi connectivity index (χ0) is 8.27. The van der Waals surface area contributed by atoms with Gasteiger partial charge in [-0.2, -0.15) is 0 Å². The number of rotatable bonds is 3. The Kier molecular flexibility index (Phi) is 2.84. The molecule has 1 aliphatic heterocycles. The van der Waals surface area contributed by atoms with E-state index in [-0.39, 0.29) is 18.6 Å². The van der Waals surface area contributed by atoms with Crippen LogP contribution in [0.15, 0.2) is 0 Å². The summed E-state index contributed by atoms with van der Waals surface area (Å²) in [6, 6.07) is 0. The van der Waals surface area contributed by atoms with Crippen molar-refractivity contribution in [3.63, 3.8) is 0 Å². The maximum atomic E-state index is 11.0. The molecule has 0 aromatic rings. The third-order valence-corrected chi connectivity index (χ3v) is 1.69. The minimum Gasteiger partial charge on any atom is -0.366 e. The highest BCUT2D eigenvalue weighted by atomic mass is 16.5. The molecule has 0 aliphatic carbocycles. The van der Waals surface area contributed by atoms with Crippen molar-refractivity contribution in [1.82, 2.24) is 10.2 Å². The van der Waals surface area contributed by atoms with E-state index in [0.717, 1.165) is 13.1 Å². The summed E-state index contributed by atoms with van der Waals surface area (Å²) in [5.41, 5.74) is 0. The maximum Gasteiger partial charge on any atom is 0.248 e. The maximum absolute atomic E-state index is 11.0. The van der Waals surface area contributed by atoms with Crippen molar-refractivity contribution in [3.05, 3.63) is 0 Å². The molecule has 0 atom stereocenters. The molecule has 11 heavy (non-hydrogen) atoms. The average Bonchev–Trinajstić information content (AvgIpc) is 1.83. The van der Waals surface area contributed by atoms with Gasteiger partial charge < -0.3 is 15.0 Å². The molecule has 1 aliphatic rings. The van der Waals surface area contributed by atoms with E-state index >= 15 is 0 Å². The standard InChI is InChI=1S/C7H14N2O2/c1-9(2)7(10)5-11-6-3-8-4-6/h6,8H,3-5H2,1-2H3. The summed E-state index contributed by atoms with van der Waals surface area (Å²) >= 11 is 0. The van der Waals surface area contributed by atoms with Gasteiger partial charge in [0.25, 0.3) is 0 Å². The van der Waals surface area contributed by atoms with E-state index < -0.39 is 0 Å². The van der Waals surface area contributed by atoms with Crippen LogP contribution in [0.5, 0.6) is 0 Å². The molecule has 4 heteroatoms. The predicted octanol–water partition coefficient (Wildman–Crippen LogP) is -0.937. The molecule has 0 unspecified atom stereocenters. The second kappa shape index (κ2) is 3.69. The van der Waals surface area contributed by atoms with Gasteiger partial charge in [-0.1, -0.05) is 0 Å². The number of carbonyl (C=O) groups excluding carboxylic acids is 1. The number of ether oxygens (including phenoxy) is 1. The molecule has 1 amide bonds. The average molecular weight is 158 g/mol. The fourth-order valence-electron chi connectivity index (χ4n) is 0.698. The summed E-state index contributed by atoms with van der Waals surface area (Å²) < 4.78 is 5.25. The van der Waals surface area contributed by atoms with E-state index in [9.17, 15) is 4.79 Å². The topological polar surface area (TPSA) is 41.6 Å². The van der Waals surface area contributed by atoms with Crippen LogP contribution in [0.25, 0.3) is 0 Å². The largest absolute Gasteiger partial charge is 0.366 e. The van der Waals surface area contributed by atoms with Crippen LogP contribution in [0.1, 0.15) is 0 Å². The van der Waals surface area contributed by atoms with Crippen LogP contribution >= 0.6 is 0 Å². The SMILES string of the molecule is CN(C)C(=O)COC1CNC1. The molecule has 0 bridgehead atoms. The van der Waals surface area contributed by atoms with Crippen LogP contribution in [0, 0.1) is 0 Å². The monoisotopic (exact) mass is 158 g/mol. The number of nitrogens with one attached hydrogen (secondary N) is 1. The first-order chi connectivity index (χ1) is 5.20. The van der Waals surface area contributed by atoms with Crippen molar-refractivity contribution in [2.24, 2.45) is 0 Å². The van der Waals surface area contributed by atoms with Crippen LogP contribution in [0.4, 0.5) is 0 Å². The van der Waals surface area contributed by atoms with Crippen LogP contribution in [-0.2, 0) is 9.53 Å². The lowest BCUT2D eigenvalue weighted by atomic mass is 10.2. The lowest BCUT2D eigenvalue weighted by Crippen LogP contribution is -2.49. The highest BCUT2D eigenvalue weighted by molar-refractivity contribution is 5.76. The number of nitrogens with zero attached hydrogens (tertiary/aromatic N) is 1. The quantitative estimate of drug-likeness (QED) is 0.576. The zero-order valence-electron chi connectivity index (χ0n) is 6.96. The lowest BCUT2D eigenvalue weighted by Gasteiger charge is -2.27. The van der Waals surface area contributed by atoms with Crippen LogP contribution in [-0.4, -0.2) is 50.7 Å². The van der Waals surface area contributed by atoms with E-state index in [1.165, 1.54) is 4.90 Å². The third kappa shape index (κ3) is 2.48. The fourth-order valence-corrected chi connectivity index (χ4v) is 0.698. The van der Waals surface area contributed by atoms with Crippen molar-refractivity contribution >= 4 is 5.91 Å². The number of carbonyl (C=O) groups is 1. The first kappa shape index (κ1) is 8.49. The van der Waals surface area contributed by atoms with Gasteiger partial charge in [-0.15, -0.1) is 0 Å². The molecule has 64 valence electrons. The Bertz CT molecular complexity index is 143. The molecule has 0 saturated carbocycles. The summed E-state index contributed by atoms with van der Waals surface area (Å²) in [5.74, 6) is 0.0249. The Labute approximate surface area is 66.5 Å². The van der Waals surface area contributed by atoms with Gasteiger partial charge in [0, 0.05) is 27.2 Å². The molecular formula is C7H14N2O2. The number of likely N-dealkylation sites (N-methyl/N-ethyl adjacent to an activating group) is 1. The Hall–Kier alpha value is -0.610. The summed E-state index contributed by atoms with van der Waals surface area (Å²) in [6.45, 7) is 1.96. The van der Waals surface area contributed by atoms with E-state index in [1.807, 2.05) is 0 Å². The summed E-state index contributed by atoms with van der Waals surface area (Å²) in [6.07, 6.45) is 0.249. The van der Waals surface area contributed by atoms with Crippen LogP contribution in [0.2, 0.25) is 0 Å². The van der Waals surface area contributed by atoms with Gasteiger partial charge >= 0.3 is 0 Å². The van der Waals surface area contributed by atoms with E-state index in [1.54, 1.807) is 14.1 Å². The van der Waals surface area contributed by atoms with Crippen molar-refractivity contribution in [2.75, 3.05) is 33.8 Å². The number of amides is 1. The van der Waals surface area contributed by atoms with Gasteiger partial charge in [-0.25, -0.2) is 0 Å². The molecule has 0 radical (unpaired) electrons. The summed E-state index contributed by atoms with van der Waals surface area (Å²) in [4.78, 5) is 12.5. The lowest BCUT2D eigenvalue weighted by molar-refractivity contribution is -0.136. The molecule has 1 rings (SSSR count). The van der Waals surface area contributed by atoms with Gasteiger partial charge in [0.1, 0.15) is 6.61 Å². The van der Waals surface area contributed by atoms with E-state index in [0.29, 0.717) is 0 Å². The summed E-state index contributed by atoms with van der Waals surface area (Å²) in [5, 5.41) is 3.06. The molecule has 0 spiro atoms. The molecule has 0 aromatic heterocycles. The highest BCUT2D eigenvalue weighted by Crippen LogP contribution is 1.97. The van der Waals surface area contributed by atoms with Crippen LogP contribution < -0.4 is 5.32 Å². The first-order valence-electron chi connectivity index (χ1n) is 3.72. The molecule has 4 nitrogen and oxygen atoms in total. The van der Waals surface area contributed by atoms with Crippen molar-refractivity contribution < 1.29 is 9.53 Å². The highest BCUT2D eigenvalue weighted by Gasteiger charge is 2.18. The number of hydrogen-bond donors (Lipinski definition) is 1. The summed E-state index contributed by atoms with van der Waals surface area (Å²) in [7, 11) is 3.45. The second-order valence-electron chi connectivity index (χ2n) is 2.88. The molecular weight excluding hydrogens is 144 g/mol. The molecule has 1 heterocycles. The Morgan fingerprint density at radius 1 is 1.64 bits per heavy atom. The van der Waals surface area contributed by atoms with Crippen molar-refractivity contribution in [3.8, 4) is 0 Å². The third-order valence-electron chi connectivity index (χ3n) is 1.69. The normalized spacial score (nSPS) is 17.6. The molecule has 0 aromatic carbocycles. The van der Waals surface area contributed by atoms with Gasteiger partial charge in [0.15, 0.2) is 0 Å². The van der Waals surface area contributed by atoms with E-state index in [2.05, 4.69) is 5.32 Å². The van der Waals surface area contributed by atoms with Gasteiger partial charge in [-0.05, 0) is 0 Å². The Morgan fingerprint density at radius 3 is 2.64 bits per heavy atom. The van der Waals surface area contributed by atoms with Crippen molar-refractivity contribution in [1.29, 1.82) is 0 Å². The second-order valence-corrected chi connectivity index (χ2v) is 2.88. The fraction of sp³-hybridized carbons (Fsp3) is 0.857. The van der Waals surface area contributed by atoms with Crippen molar-refractivity contribution in [2.45, 2.75) is 6.10 Å². The minimum atomic E-state index is 0.0249.